The quantitative estimate of drug-likeness (QED) is 0.805. The molecule has 0 aliphatic heterocycles. The Bertz CT molecular complexity index is 870. The maximum absolute atomic E-state index is 12.6. The van der Waals surface area contributed by atoms with Gasteiger partial charge in [0.05, 0.1) is 5.39 Å². The summed E-state index contributed by atoms with van der Waals surface area (Å²) < 4.78 is 6.55. The number of fused-ring (bicyclic) bond motifs is 1. The van der Waals surface area contributed by atoms with Crippen molar-refractivity contribution in [1.29, 1.82) is 0 Å². The highest BCUT2D eigenvalue weighted by atomic mass is 16.5. The second-order valence-electron chi connectivity index (χ2n) is 6.25. The molecule has 3 rings (SSSR count). The number of nitrogens with zero attached hydrogens (tertiary/aromatic N) is 2. The van der Waals surface area contributed by atoms with E-state index in [1.165, 1.54) is 11.6 Å². The topological polar surface area (TPSA) is 90.3 Å². The van der Waals surface area contributed by atoms with E-state index >= 15 is 0 Å². The van der Waals surface area contributed by atoms with Crippen LogP contribution in [0.4, 0.5) is 0 Å². The second kappa shape index (κ2) is 7.04. The van der Waals surface area contributed by atoms with Gasteiger partial charge < -0.3 is 10.1 Å². The van der Waals surface area contributed by atoms with E-state index in [0.717, 1.165) is 12.8 Å². The number of rotatable bonds is 6. The lowest BCUT2D eigenvalue weighted by Crippen LogP contribution is -2.37. The van der Waals surface area contributed by atoms with E-state index in [1.807, 2.05) is 6.92 Å². The van der Waals surface area contributed by atoms with E-state index in [4.69, 9.17) is 4.74 Å². The van der Waals surface area contributed by atoms with Crippen LogP contribution in [0.1, 0.15) is 43.6 Å². The number of esters is 1. The molecule has 1 saturated carbocycles. The Balaban J connectivity index is 1.90. The van der Waals surface area contributed by atoms with Gasteiger partial charge in [-0.1, -0.05) is 25.1 Å². The largest absolute Gasteiger partial charge is 0.448 e. The summed E-state index contributed by atoms with van der Waals surface area (Å²) in [5, 5.41) is 7.81. The zero-order chi connectivity index (χ0) is 18.0. The first-order valence-corrected chi connectivity index (χ1v) is 8.52. The number of carbonyl (C=O) groups excluding carboxylic acids is 2. The lowest BCUT2D eigenvalue weighted by Gasteiger charge is -2.14. The molecule has 25 heavy (non-hydrogen) atoms. The Morgan fingerprint density at radius 3 is 2.64 bits per heavy atom. The zero-order valence-corrected chi connectivity index (χ0v) is 14.3. The van der Waals surface area contributed by atoms with E-state index in [2.05, 4.69) is 10.4 Å². The van der Waals surface area contributed by atoms with Gasteiger partial charge in [0.1, 0.15) is 0 Å². The van der Waals surface area contributed by atoms with Crippen molar-refractivity contribution in [3.63, 3.8) is 0 Å². The Kier molecular flexibility index (Phi) is 4.83. The summed E-state index contributed by atoms with van der Waals surface area (Å²) in [6, 6.07) is 6.98. The van der Waals surface area contributed by atoms with Gasteiger partial charge in [0.25, 0.3) is 11.5 Å². The van der Waals surface area contributed by atoms with Crippen LogP contribution in [0.25, 0.3) is 10.8 Å². The average molecular weight is 343 g/mol. The van der Waals surface area contributed by atoms with Crippen molar-refractivity contribution >= 4 is 22.6 Å². The van der Waals surface area contributed by atoms with Crippen molar-refractivity contribution in [1.82, 2.24) is 15.1 Å². The maximum atomic E-state index is 12.6. The van der Waals surface area contributed by atoms with Crippen LogP contribution in [0.15, 0.2) is 29.1 Å². The molecule has 1 aromatic carbocycles. The summed E-state index contributed by atoms with van der Waals surface area (Å²) in [5.74, 6) is -1.03. The van der Waals surface area contributed by atoms with Crippen LogP contribution in [-0.2, 0) is 16.1 Å². The number of carbonyl (C=O) groups is 2. The van der Waals surface area contributed by atoms with Crippen LogP contribution in [0, 0.1) is 0 Å². The Hall–Kier alpha value is -2.70. The van der Waals surface area contributed by atoms with Gasteiger partial charge in [-0.05, 0) is 32.3 Å². The standard InChI is InChI=1S/C18H21N3O4/c1-3-10-21-17(23)14-7-5-4-6-13(14)15(20-21)18(24)25-11(2)16(22)19-12-8-9-12/h4-7,11-12H,3,8-10H2,1-2H3,(H,19,22). The minimum absolute atomic E-state index is 0.0507. The van der Waals surface area contributed by atoms with Gasteiger partial charge in [0, 0.05) is 18.0 Å². The van der Waals surface area contributed by atoms with Crippen molar-refractivity contribution in [3.05, 3.63) is 40.3 Å². The molecule has 1 fully saturated rings. The molecule has 1 atom stereocenters. The van der Waals surface area contributed by atoms with E-state index < -0.39 is 12.1 Å². The number of amides is 1. The molecule has 2 aromatic rings. The molecule has 1 heterocycles. The minimum Gasteiger partial charge on any atom is -0.448 e. The molecule has 132 valence electrons. The highest BCUT2D eigenvalue weighted by molar-refractivity contribution is 6.02. The summed E-state index contributed by atoms with van der Waals surface area (Å²) in [6.07, 6.45) is 1.71. The van der Waals surface area contributed by atoms with Gasteiger partial charge in [-0.25, -0.2) is 9.48 Å². The number of hydrogen-bond acceptors (Lipinski definition) is 5. The van der Waals surface area contributed by atoms with Crippen molar-refractivity contribution in [3.8, 4) is 0 Å². The van der Waals surface area contributed by atoms with E-state index in [-0.39, 0.29) is 23.2 Å². The molecule has 7 nitrogen and oxygen atoms in total. The Morgan fingerprint density at radius 2 is 2.00 bits per heavy atom. The predicted molar refractivity (Wildman–Crippen MR) is 92.3 cm³/mol. The Morgan fingerprint density at radius 1 is 1.32 bits per heavy atom. The van der Waals surface area contributed by atoms with Gasteiger partial charge in [0.2, 0.25) is 0 Å². The molecule has 1 aromatic heterocycles. The summed E-state index contributed by atoms with van der Waals surface area (Å²) in [4.78, 5) is 37.0. The number of aryl methyl sites for hydroxylation is 1. The van der Waals surface area contributed by atoms with Crippen molar-refractivity contribution in [2.75, 3.05) is 0 Å². The monoisotopic (exact) mass is 343 g/mol. The van der Waals surface area contributed by atoms with E-state index in [9.17, 15) is 14.4 Å². The second-order valence-corrected chi connectivity index (χ2v) is 6.25. The molecule has 0 saturated heterocycles. The highest BCUT2D eigenvalue weighted by Crippen LogP contribution is 2.19. The predicted octanol–water partition coefficient (Wildman–Crippen LogP) is 1.63. The number of nitrogens with one attached hydrogen (secondary N) is 1. The van der Waals surface area contributed by atoms with Crippen molar-refractivity contribution in [2.24, 2.45) is 0 Å². The summed E-state index contributed by atoms with van der Waals surface area (Å²) in [5.41, 5.74) is -0.191. The molecular weight excluding hydrogens is 322 g/mol. The number of ether oxygens (including phenoxy) is 1. The van der Waals surface area contributed by atoms with Crippen LogP contribution < -0.4 is 10.9 Å². The lowest BCUT2D eigenvalue weighted by atomic mass is 10.1. The molecule has 1 aliphatic rings. The third-order valence-electron chi connectivity index (χ3n) is 4.07. The van der Waals surface area contributed by atoms with Gasteiger partial charge in [-0.2, -0.15) is 5.10 Å². The molecule has 1 aliphatic carbocycles. The average Bonchev–Trinajstić information content (AvgIpc) is 3.41. The van der Waals surface area contributed by atoms with Crippen molar-refractivity contribution in [2.45, 2.75) is 51.8 Å². The summed E-state index contributed by atoms with van der Waals surface area (Å²) >= 11 is 0. The van der Waals surface area contributed by atoms with Crippen LogP contribution in [0.3, 0.4) is 0 Å². The lowest BCUT2D eigenvalue weighted by molar-refractivity contribution is -0.129. The van der Waals surface area contributed by atoms with E-state index in [0.29, 0.717) is 23.7 Å². The zero-order valence-electron chi connectivity index (χ0n) is 14.3. The molecule has 1 N–H and O–H groups in total. The van der Waals surface area contributed by atoms with Crippen LogP contribution in [-0.4, -0.2) is 33.8 Å². The fourth-order valence-corrected chi connectivity index (χ4v) is 2.57. The molecule has 1 amide bonds. The summed E-state index contributed by atoms with van der Waals surface area (Å²) in [7, 11) is 0. The Labute approximate surface area is 145 Å². The molecular formula is C18H21N3O4. The molecule has 0 bridgehead atoms. The van der Waals surface area contributed by atoms with Crippen LogP contribution in [0.2, 0.25) is 0 Å². The van der Waals surface area contributed by atoms with Crippen LogP contribution in [0.5, 0.6) is 0 Å². The fraction of sp³-hybridized carbons (Fsp3) is 0.444. The molecule has 7 heteroatoms. The third-order valence-corrected chi connectivity index (χ3v) is 4.07. The van der Waals surface area contributed by atoms with Gasteiger partial charge in [-0.15, -0.1) is 0 Å². The molecule has 0 radical (unpaired) electrons. The SMILES string of the molecule is CCCn1nc(C(=O)OC(C)C(=O)NC2CC2)c2ccccc2c1=O. The first-order chi connectivity index (χ1) is 12.0. The van der Waals surface area contributed by atoms with Gasteiger partial charge in [0.15, 0.2) is 11.8 Å². The van der Waals surface area contributed by atoms with Crippen molar-refractivity contribution < 1.29 is 14.3 Å². The fourth-order valence-electron chi connectivity index (χ4n) is 2.57. The normalized spacial score (nSPS) is 15.0. The smallest absolute Gasteiger partial charge is 0.360 e. The first-order valence-electron chi connectivity index (χ1n) is 8.52. The number of hydrogen-bond donors (Lipinski definition) is 1. The molecule has 0 spiro atoms. The maximum Gasteiger partial charge on any atom is 0.360 e. The van der Waals surface area contributed by atoms with E-state index in [1.54, 1.807) is 24.3 Å². The highest BCUT2D eigenvalue weighted by Gasteiger charge is 2.28. The van der Waals surface area contributed by atoms with Gasteiger partial charge >= 0.3 is 5.97 Å². The first kappa shape index (κ1) is 17.1. The number of aromatic nitrogens is 2. The van der Waals surface area contributed by atoms with Gasteiger partial charge in [-0.3, -0.25) is 9.59 Å². The molecule has 1 unspecified atom stereocenters. The minimum atomic E-state index is -0.916. The number of benzene rings is 1. The summed E-state index contributed by atoms with van der Waals surface area (Å²) in [6.45, 7) is 3.85. The van der Waals surface area contributed by atoms with Crippen LogP contribution >= 0.6 is 0 Å². The third kappa shape index (κ3) is 3.70.